The van der Waals surface area contributed by atoms with Crippen molar-refractivity contribution < 1.29 is 22.7 Å². The molecule has 2 amide bonds. The predicted molar refractivity (Wildman–Crippen MR) is 109 cm³/mol. The van der Waals surface area contributed by atoms with Gasteiger partial charge in [0.25, 0.3) is 21.8 Å². The molecular formula is C20H16N2O5S2. The van der Waals surface area contributed by atoms with Gasteiger partial charge in [-0.05, 0) is 53.9 Å². The topological polar surface area (TPSA) is 92.8 Å². The van der Waals surface area contributed by atoms with Crippen LogP contribution >= 0.6 is 11.3 Å². The van der Waals surface area contributed by atoms with E-state index < -0.39 is 21.8 Å². The summed E-state index contributed by atoms with van der Waals surface area (Å²) in [6.45, 7) is 0.133. The number of imide groups is 1. The molecule has 4 rings (SSSR count). The number of amides is 2. The van der Waals surface area contributed by atoms with Gasteiger partial charge in [0.2, 0.25) is 0 Å². The lowest BCUT2D eigenvalue weighted by Crippen LogP contribution is -2.30. The van der Waals surface area contributed by atoms with Crippen molar-refractivity contribution in [3.63, 3.8) is 0 Å². The summed E-state index contributed by atoms with van der Waals surface area (Å²) in [7, 11) is -2.47. The van der Waals surface area contributed by atoms with Gasteiger partial charge in [0.05, 0.1) is 35.4 Å². The van der Waals surface area contributed by atoms with E-state index in [9.17, 15) is 18.0 Å². The lowest BCUT2D eigenvalue weighted by molar-refractivity contribution is 0.0879. The fourth-order valence-electron chi connectivity index (χ4n) is 3.04. The number of hydrogen-bond donors (Lipinski definition) is 1. The third-order valence-corrected chi connectivity index (χ3v) is 7.17. The molecule has 2 aromatic carbocycles. The number of sulfonamides is 1. The summed E-state index contributed by atoms with van der Waals surface area (Å²) < 4.78 is 33.4. The number of nitrogens with one attached hydrogen (secondary N) is 1. The number of hydrogen-bond acceptors (Lipinski definition) is 6. The highest BCUT2D eigenvalue weighted by atomic mass is 32.2. The molecule has 1 aromatic heterocycles. The fourth-order valence-corrected chi connectivity index (χ4v) is 5.29. The summed E-state index contributed by atoms with van der Waals surface area (Å²) in [5.74, 6) is -0.522. The first kappa shape index (κ1) is 19.2. The maximum atomic E-state index is 13.5. The Hall–Kier alpha value is -3.17. The molecule has 0 fully saturated rings. The van der Waals surface area contributed by atoms with Gasteiger partial charge in [-0.2, -0.15) is 0 Å². The van der Waals surface area contributed by atoms with E-state index in [1.807, 2.05) is 17.5 Å². The second kappa shape index (κ2) is 7.34. The summed E-state index contributed by atoms with van der Waals surface area (Å²) in [4.78, 5) is 24.5. The molecule has 0 bridgehead atoms. The number of nitrogens with zero attached hydrogens (tertiary/aromatic N) is 1. The van der Waals surface area contributed by atoms with Crippen molar-refractivity contribution in [2.75, 3.05) is 11.4 Å². The van der Waals surface area contributed by atoms with Crippen molar-refractivity contribution in [2.45, 2.75) is 11.4 Å². The molecule has 3 aromatic rings. The first-order chi connectivity index (χ1) is 13.9. The van der Waals surface area contributed by atoms with Crippen molar-refractivity contribution in [2.24, 2.45) is 0 Å². The normalized spacial score (nSPS) is 13.1. The Morgan fingerprint density at radius 2 is 1.72 bits per heavy atom. The molecule has 0 unspecified atom stereocenters. The molecule has 29 heavy (non-hydrogen) atoms. The average Bonchev–Trinajstić information content (AvgIpc) is 3.34. The molecule has 0 aliphatic carbocycles. The predicted octanol–water partition coefficient (Wildman–Crippen LogP) is 3.04. The van der Waals surface area contributed by atoms with Crippen LogP contribution in [0.2, 0.25) is 0 Å². The summed E-state index contributed by atoms with van der Waals surface area (Å²) in [5, 5.41) is 4.05. The van der Waals surface area contributed by atoms with Gasteiger partial charge in [0.1, 0.15) is 5.75 Å². The van der Waals surface area contributed by atoms with Gasteiger partial charge in [-0.15, -0.1) is 11.3 Å². The maximum absolute atomic E-state index is 13.5. The Labute approximate surface area is 171 Å². The fraction of sp³-hybridized carbons (Fsp3) is 0.100. The van der Waals surface area contributed by atoms with Crippen molar-refractivity contribution in [3.8, 4) is 5.75 Å². The molecule has 9 heteroatoms. The maximum Gasteiger partial charge on any atom is 0.264 e. The van der Waals surface area contributed by atoms with Crippen LogP contribution in [0.4, 0.5) is 5.69 Å². The van der Waals surface area contributed by atoms with Crippen molar-refractivity contribution in [1.29, 1.82) is 0 Å². The summed E-state index contributed by atoms with van der Waals surface area (Å²) in [6, 6.07) is 14.3. The molecule has 0 saturated heterocycles. The smallest absolute Gasteiger partial charge is 0.264 e. The SMILES string of the molecule is COc1ccc(N(Cc2cccs2)S(=O)(=O)c2ccc3c(c2)C(=O)NC3=O)cc1. The highest BCUT2D eigenvalue weighted by Crippen LogP contribution is 2.30. The highest BCUT2D eigenvalue weighted by Gasteiger charge is 2.31. The number of rotatable bonds is 6. The zero-order valence-electron chi connectivity index (χ0n) is 15.3. The molecule has 148 valence electrons. The van der Waals surface area contributed by atoms with Gasteiger partial charge in [-0.1, -0.05) is 6.07 Å². The van der Waals surface area contributed by atoms with E-state index in [0.717, 1.165) is 4.88 Å². The van der Waals surface area contributed by atoms with Gasteiger partial charge in [0.15, 0.2) is 0 Å². The Morgan fingerprint density at radius 1 is 1.00 bits per heavy atom. The monoisotopic (exact) mass is 428 g/mol. The van der Waals surface area contributed by atoms with Gasteiger partial charge in [-0.3, -0.25) is 19.2 Å². The van der Waals surface area contributed by atoms with E-state index in [0.29, 0.717) is 11.4 Å². The largest absolute Gasteiger partial charge is 0.497 e. The summed E-state index contributed by atoms with van der Waals surface area (Å²) in [5.41, 5.74) is 0.685. The van der Waals surface area contributed by atoms with Gasteiger partial charge in [-0.25, -0.2) is 8.42 Å². The number of ether oxygens (including phenoxy) is 1. The summed E-state index contributed by atoms with van der Waals surface area (Å²) in [6.07, 6.45) is 0. The van der Waals surface area contributed by atoms with Crippen LogP contribution in [-0.4, -0.2) is 27.3 Å². The molecule has 2 heterocycles. The van der Waals surface area contributed by atoms with Crippen LogP contribution in [0.25, 0.3) is 0 Å². The van der Waals surface area contributed by atoms with E-state index in [-0.39, 0.29) is 22.6 Å². The molecule has 7 nitrogen and oxygen atoms in total. The van der Waals surface area contributed by atoms with Gasteiger partial charge >= 0.3 is 0 Å². The first-order valence-corrected chi connectivity index (χ1v) is 10.9. The van der Waals surface area contributed by atoms with Crippen molar-refractivity contribution >= 4 is 38.9 Å². The van der Waals surface area contributed by atoms with E-state index in [2.05, 4.69) is 5.32 Å². The molecular weight excluding hydrogens is 412 g/mol. The third kappa shape index (κ3) is 3.50. The number of carbonyl (C=O) groups is 2. The number of methoxy groups -OCH3 is 1. The number of fused-ring (bicyclic) bond motifs is 1. The zero-order valence-corrected chi connectivity index (χ0v) is 16.9. The Morgan fingerprint density at radius 3 is 2.38 bits per heavy atom. The second-order valence-electron chi connectivity index (χ2n) is 6.28. The molecule has 1 aliphatic heterocycles. The Balaban J connectivity index is 1.79. The quantitative estimate of drug-likeness (QED) is 0.609. The van der Waals surface area contributed by atoms with Crippen LogP contribution in [0.5, 0.6) is 5.75 Å². The van der Waals surface area contributed by atoms with Crippen LogP contribution in [0.15, 0.2) is 64.9 Å². The van der Waals surface area contributed by atoms with Crippen LogP contribution in [0.3, 0.4) is 0 Å². The van der Waals surface area contributed by atoms with Crippen LogP contribution in [0.1, 0.15) is 25.6 Å². The van der Waals surface area contributed by atoms with E-state index in [1.165, 1.54) is 41.0 Å². The lowest BCUT2D eigenvalue weighted by Gasteiger charge is -2.24. The number of carbonyl (C=O) groups excluding carboxylic acids is 2. The minimum Gasteiger partial charge on any atom is -0.497 e. The molecule has 1 N–H and O–H groups in total. The molecule has 0 atom stereocenters. The Kier molecular flexibility index (Phi) is 4.85. The highest BCUT2D eigenvalue weighted by molar-refractivity contribution is 7.92. The van der Waals surface area contributed by atoms with Gasteiger partial charge in [0, 0.05) is 4.88 Å². The molecule has 0 saturated carbocycles. The minimum atomic E-state index is -4.00. The first-order valence-electron chi connectivity index (χ1n) is 8.59. The van der Waals surface area contributed by atoms with E-state index >= 15 is 0 Å². The van der Waals surface area contributed by atoms with Crippen molar-refractivity contribution in [3.05, 3.63) is 76.0 Å². The van der Waals surface area contributed by atoms with Crippen LogP contribution in [0, 0.1) is 0 Å². The average molecular weight is 428 g/mol. The molecule has 1 aliphatic rings. The van der Waals surface area contributed by atoms with Crippen LogP contribution < -0.4 is 14.4 Å². The number of thiophene rings is 1. The third-order valence-electron chi connectivity index (χ3n) is 4.54. The second-order valence-corrected chi connectivity index (χ2v) is 9.17. The van der Waals surface area contributed by atoms with Crippen LogP contribution in [-0.2, 0) is 16.6 Å². The number of anilines is 1. The van der Waals surface area contributed by atoms with Crippen molar-refractivity contribution in [1.82, 2.24) is 5.32 Å². The standard InChI is InChI=1S/C20H16N2O5S2/c1-27-14-6-4-13(5-7-14)22(12-15-3-2-10-28-15)29(25,26)16-8-9-17-18(11-16)20(24)21-19(17)23/h2-11H,12H2,1H3,(H,21,23,24). The summed E-state index contributed by atoms with van der Waals surface area (Å²) >= 11 is 1.45. The number of benzene rings is 2. The molecule has 0 radical (unpaired) electrons. The van der Waals surface area contributed by atoms with Gasteiger partial charge < -0.3 is 4.74 Å². The minimum absolute atomic E-state index is 0.0573. The Bertz CT molecular complexity index is 1190. The molecule has 0 spiro atoms. The van der Waals surface area contributed by atoms with E-state index in [1.54, 1.807) is 24.3 Å². The zero-order chi connectivity index (χ0) is 20.6. The lowest BCUT2D eigenvalue weighted by atomic mass is 10.1. The van der Waals surface area contributed by atoms with E-state index in [4.69, 9.17) is 4.74 Å².